The van der Waals surface area contributed by atoms with Crippen molar-refractivity contribution in [2.45, 2.75) is 50.4 Å². The summed E-state index contributed by atoms with van der Waals surface area (Å²) >= 11 is 1.29. The van der Waals surface area contributed by atoms with E-state index in [-0.39, 0.29) is 24.2 Å². The third-order valence-electron chi connectivity index (χ3n) is 6.09. The van der Waals surface area contributed by atoms with Crippen molar-refractivity contribution in [1.29, 1.82) is 0 Å². The van der Waals surface area contributed by atoms with E-state index in [1.54, 1.807) is 18.2 Å². The highest BCUT2D eigenvalue weighted by molar-refractivity contribution is 7.99. The quantitative estimate of drug-likeness (QED) is 0.680. The number of halogens is 1. The number of fused-ring (bicyclic) bond motifs is 2. The molecule has 2 aromatic rings. The molecule has 0 saturated heterocycles. The van der Waals surface area contributed by atoms with Crippen LogP contribution in [0.2, 0.25) is 0 Å². The minimum Gasteiger partial charge on any atom is -0.483 e. The molecule has 1 heterocycles. The molecule has 150 valence electrons. The van der Waals surface area contributed by atoms with Crippen molar-refractivity contribution in [3.05, 3.63) is 35.9 Å². The molecule has 4 atom stereocenters. The number of hydrogen-bond donors (Lipinski definition) is 1. The minimum absolute atomic E-state index is 0.121. The summed E-state index contributed by atoms with van der Waals surface area (Å²) in [5, 5.41) is 9.23. The van der Waals surface area contributed by atoms with Crippen molar-refractivity contribution < 1.29 is 13.9 Å². The van der Waals surface area contributed by atoms with Crippen LogP contribution in [0.1, 0.15) is 44.5 Å². The fraction of sp³-hybridized carbons (Fsp3) is 0.550. The fourth-order valence-electron chi connectivity index (χ4n) is 4.83. The fourth-order valence-corrected chi connectivity index (χ4v) is 5.61. The molecule has 2 N–H and O–H groups in total. The summed E-state index contributed by atoms with van der Waals surface area (Å²) < 4.78 is 21.6. The molecule has 28 heavy (non-hydrogen) atoms. The first-order valence-electron chi connectivity index (χ1n) is 9.75. The van der Waals surface area contributed by atoms with Gasteiger partial charge in [-0.25, -0.2) is 4.39 Å². The van der Waals surface area contributed by atoms with E-state index < -0.39 is 11.7 Å². The highest BCUT2D eigenvalue weighted by atomic mass is 32.2. The number of ether oxygens (including phenoxy) is 1. The number of thioether (sulfide) groups is 1. The number of nitrogens with zero attached hydrogens (tertiary/aromatic N) is 3. The van der Waals surface area contributed by atoms with Gasteiger partial charge < -0.3 is 10.5 Å². The summed E-state index contributed by atoms with van der Waals surface area (Å²) in [6.45, 7) is 2.31. The van der Waals surface area contributed by atoms with E-state index in [0.717, 1.165) is 11.8 Å². The van der Waals surface area contributed by atoms with E-state index in [1.165, 1.54) is 43.5 Å². The Kier molecular flexibility index (Phi) is 5.57. The molecular formula is C20H25FN4O2S. The van der Waals surface area contributed by atoms with E-state index in [4.69, 9.17) is 10.5 Å². The molecule has 0 spiro atoms. The highest BCUT2D eigenvalue weighted by Crippen LogP contribution is 2.52. The van der Waals surface area contributed by atoms with Crippen LogP contribution in [0.15, 0.2) is 29.4 Å². The van der Waals surface area contributed by atoms with Crippen LogP contribution in [0.3, 0.4) is 0 Å². The minimum atomic E-state index is -0.405. The summed E-state index contributed by atoms with van der Waals surface area (Å²) in [7, 11) is 0. The summed E-state index contributed by atoms with van der Waals surface area (Å²) in [4.78, 5) is 11.2. The lowest BCUT2D eigenvalue weighted by atomic mass is 9.84. The predicted molar refractivity (Wildman–Crippen MR) is 104 cm³/mol. The predicted octanol–water partition coefficient (Wildman–Crippen LogP) is 3.57. The van der Waals surface area contributed by atoms with Gasteiger partial charge in [-0.2, -0.15) is 0 Å². The van der Waals surface area contributed by atoms with Gasteiger partial charge in [-0.3, -0.25) is 9.36 Å². The van der Waals surface area contributed by atoms with Crippen LogP contribution in [0, 0.1) is 23.6 Å². The number of rotatable bonds is 8. The van der Waals surface area contributed by atoms with Gasteiger partial charge in [-0.05, 0) is 56.1 Å². The summed E-state index contributed by atoms with van der Waals surface area (Å²) in [5.74, 6) is 2.31. The second kappa shape index (κ2) is 8.11. The Morgan fingerprint density at radius 2 is 2.18 bits per heavy atom. The second-order valence-electron chi connectivity index (χ2n) is 7.82. The average Bonchev–Trinajstić information content (AvgIpc) is 3.40. The van der Waals surface area contributed by atoms with Crippen LogP contribution in [0.5, 0.6) is 5.75 Å². The van der Waals surface area contributed by atoms with Gasteiger partial charge >= 0.3 is 0 Å². The van der Waals surface area contributed by atoms with Crippen molar-refractivity contribution in [3.8, 4) is 5.75 Å². The molecular weight excluding hydrogens is 379 g/mol. The standard InChI is InChI=1S/C20H25FN4O2S/c1-12(15-9-13-6-7-14(15)8-13)25-19(23-24-20(25)28-11-18(22)26)10-27-17-5-3-2-4-16(17)21/h2-5,12-15H,6-11H2,1H3,(H2,22,26)/t12-,13-,14+,15-/m0/s1. The maximum Gasteiger partial charge on any atom is 0.227 e. The molecule has 2 fully saturated rings. The number of para-hydroxylation sites is 1. The Hall–Kier alpha value is -2.09. The Bertz CT molecular complexity index is 858. The summed E-state index contributed by atoms with van der Waals surface area (Å²) in [5.41, 5.74) is 5.31. The Balaban J connectivity index is 1.56. The Morgan fingerprint density at radius 3 is 2.86 bits per heavy atom. The zero-order valence-corrected chi connectivity index (χ0v) is 16.7. The first-order chi connectivity index (χ1) is 13.5. The van der Waals surface area contributed by atoms with Crippen molar-refractivity contribution in [2.24, 2.45) is 23.5 Å². The molecule has 2 aliphatic rings. The van der Waals surface area contributed by atoms with Crippen molar-refractivity contribution >= 4 is 17.7 Å². The third-order valence-corrected chi connectivity index (χ3v) is 7.06. The van der Waals surface area contributed by atoms with Crippen molar-refractivity contribution in [3.63, 3.8) is 0 Å². The summed E-state index contributed by atoms with van der Waals surface area (Å²) in [6.07, 6.45) is 5.15. The van der Waals surface area contributed by atoms with Crippen LogP contribution in [0.4, 0.5) is 4.39 Å². The van der Waals surface area contributed by atoms with E-state index in [0.29, 0.717) is 16.9 Å². The van der Waals surface area contributed by atoms with Crippen LogP contribution >= 0.6 is 11.8 Å². The van der Waals surface area contributed by atoms with Crippen molar-refractivity contribution in [2.75, 3.05) is 5.75 Å². The zero-order valence-electron chi connectivity index (χ0n) is 15.9. The average molecular weight is 405 g/mol. The first kappa shape index (κ1) is 19.2. The monoisotopic (exact) mass is 404 g/mol. The van der Waals surface area contributed by atoms with E-state index in [9.17, 15) is 9.18 Å². The van der Waals surface area contributed by atoms with Gasteiger partial charge in [0, 0.05) is 6.04 Å². The van der Waals surface area contributed by atoms with Gasteiger partial charge in [0.25, 0.3) is 0 Å². The molecule has 4 rings (SSSR count). The lowest BCUT2D eigenvalue weighted by Gasteiger charge is -2.30. The molecule has 1 aromatic carbocycles. The normalized spacial score (nSPS) is 24.4. The van der Waals surface area contributed by atoms with Gasteiger partial charge in [-0.1, -0.05) is 30.3 Å². The highest BCUT2D eigenvalue weighted by Gasteiger charge is 2.43. The molecule has 2 aliphatic carbocycles. The zero-order chi connectivity index (χ0) is 19.7. The van der Waals surface area contributed by atoms with Gasteiger partial charge in [-0.15, -0.1) is 10.2 Å². The van der Waals surface area contributed by atoms with Crippen molar-refractivity contribution in [1.82, 2.24) is 14.8 Å². The van der Waals surface area contributed by atoms with Gasteiger partial charge in [0.05, 0.1) is 5.75 Å². The molecule has 2 saturated carbocycles. The summed E-state index contributed by atoms with van der Waals surface area (Å²) in [6, 6.07) is 6.51. The van der Waals surface area contributed by atoms with Crippen LogP contribution < -0.4 is 10.5 Å². The maximum atomic E-state index is 13.9. The molecule has 1 amide bonds. The smallest absolute Gasteiger partial charge is 0.227 e. The number of carbonyl (C=O) groups excluding carboxylic acids is 1. The van der Waals surface area contributed by atoms with Crippen LogP contribution in [0.25, 0.3) is 0 Å². The molecule has 0 radical (unpaired) electrons. The largest absolute Gasteiger partial charge is 0.483 e. The second-order valence-corrected chi connectivity index (χ2v) is 8.76. The topological polar surface area (TPSA) is 83.0 Å². The molecule has 8 heteroatoms. The number of amides is 1. The maximum absolute atomic E-state index is 13.9. The van der Waals surface area contributed by atoms with Gasteiger partial charge in [0.15, 0.2) is 22.5 Å². The Labute approximate surface area is 168 Å². The van der Waals surface area contributed by atoms with Crippen LogP contribution in [-0.4, -0.2) is 26.4 Å². The number of primary amides is 1. The van der Waals surface area contributed by atoms with E-state index in [2.05, 4.69) is 21.7 Å². The van der Waals surface area contributed by atoms with Gasteiger partial charge in [0.2, 0.25) is 5.91 Å². The molecule has 0 aliphatic heterocycles. The first-order valence-corrected chi connectivity index (χ1v) is 10.7. The number of hydrogen-bond acceptors (Lipinski definition) is 5. The molecule has 2 bridgehead atoms. The SMILES string of the molecule is C[C@@H]([C@@H]1C[C@H]2CC[C@@H]1C2)n1c(COc2ccccc2F)nnc1SCC(N)=O. The number of carbonyl (C=O) groups is 1. The molecule has 1 aromatic heterocycles. The Morgan fingerprint density at radius 1 is 1.36 bits per heavy atom. The van der Waals surface area contributed by atoms with Gasteiger partial charge in [0.1, 0.15) is 6.61 Å². The van der Waals surface area contributed by atoms with Crippen LogP contribution in [-0.2, 0) is 11.4 Å². The lowest BCUT2D eigenvalue weighted by Crippen LogP contribution is -2.25. The molecule has 6 nitrogen and oxygen atoms in total. The number of benzene rings is 1. The number of nitrogens with two attached hydrogens (primary N) is 1. The third kappa shape index (κ3) is 3.87. The molecule has 0 unspecified atom stereocenters. The van der Waals surface area contributed by atoms with E-state index >= 15 is 0 Å². The lowest BCUT2D eigenvalue weighted by molar-refractivity contribution is -0.115. The van der Waals surface area contributed by atoms with E-state index in [1.807, 2.05) is 0 Å². The number of aromatic nitrogens is 3.